The van der Waals surface area contributed by atoms with E-state index in [0.717, 1.165) is 0 Å². The quantitative estimate of drug-likeness (QED) is 0.364. The molecule has 0 unspecified atom stereocenters. The molecule has 0 aromatic rings. The molecule has 0 saturated heterocycles. The summed E-state index contributed by atoms with van der Waals surface area (Å²) in [4.78, 5) is 0. The van der Waals surface area contributed by atoms with E-state index in [1.165, 1.54) is 41.4 Å². The van der Waals surface area contributed by atoms with Gasteiger partial charge in [0.2, 0.25) is 0 Å². The normalized spacial score (nSPS) is 90.0. The minimum Gasteiger partial charge on any atom is -0.303 e. The van der Waals surface area contributed by atoms with Crippen LogP contribution in [0.5, 0.6) is 0 Å². The molecule has 48 valence electrons. The van der Waals surface area contributed by atoms with Gasteiger partial charge >= 0.3 is 0 Å². The van der Waals surface area contributed by atoms with Gasteiger partial charge in [-0.15, -0.1) is 0 Å². The Morgan fingerprint density at radius 3 is 1.22 bits per heavy atom. The fraction of sp³-hybridized carbons (Fsp3) is 0.875. The summed E-state index contributed by atoms with van der Waals surface area (Å²) in [5, 5.41) is 0. The van der Waals surface area contributed by atoms with Crippen molar-refractivity contribution in [3.05, 3.63) is 5.92 Å². The van der Waals surface area contributed by atoms with E-state index < -0.39 is 0 Å². The van der Waals surface area contributed by atoms with Crippen molar-refractivity contribution in [1.29, 1.82) is 0 Å². The molecule has 1 heteroatoms. The molecule has 6 aliphatic rings. The molecular weight excluding hydrogens is 152 g/mol. The van der Waals surface area contributed by atoms with Gasteiger partial charge in [0.25, 0.3) is 0 Å². The van der Waals surface area contributed by atoms with Gasteiger partial charge in [0.15, 0.2) is 0 Å². The summed E-state index contributed by atoms with van der Waals surface area (Å²) >= 11 is 0. The molecule has 6 rings (SSSR count). The zero-order chi connectivity index (χ0) is 4.62. The van der Waals surface area contributed by atoms with Crippen molar-refractivity contribution in [2.24, 2.45) is 41.4 Å². The fourth-order valence-electron chi connectivity index (χ4n) is 4.85. The van der Waals surface area contributed by atoms with Crippen LogP contribution in [-0.4, -0.2) is 0 Å². The molecule has 0 radical (unpaired) electrons. The van der Waals surface area contributed by atoms with E-state index in [1.54, 1.807) is 0 Å². The smallest absolute Gasteiger partial charge is 0 e. The molecule has 0 heterocycles. The van der Waals surface area contributed by atoms with Gasteiger partial charge < -0.3 is 5.92 Å². The second-order valence-electron chi connectivity index (χ2n) is 4.39. The summed E-state index contributed by atoms with van der Waals surface area (Å²) in [7, 11) is 0. The van der Waals surface area contributed by atoms with Gasteiger partial charge in [0.1, 0.15) is 0 Å². The molecular formula is C8H7Fe-. The maximum atomic E-state index is 2.05. The predicted octanol–water partition coefficient (Wildman–Crippen LogP) is 0.940. The second kappa shape index (κ2) is 0.801. The van der Waals surface area contributed by atoms with E-state index in [1.807, 2.05) is 5.92 Å². The molecule has 0 nitrogen and oxygen atoms in total. The third-order valence-electron chi connectivity index (χ3n) is 4.98. The first-order chi connectivity index (χ1) is 4.00. The molecule has 0 aromatic heterocycles. The molecule has 0 atom stereocenters. The summed E-state index contributed by atoms with van der Waals surface area (Å²) < 4.78 is 0. The Morgan fingerprint density at radius 2 is 1.11 bits per heavy atom. The van der Waals surface area contributed by atoms with Crippen LogP contribution in [0.25, 0.3) is 0 Å². The zero-order valence-electron chi connectivity index (χ0n) is 4.90. The van der Waals surface area contributed by atoms with Crippen LogP contribution in [0.1, 0.15) is 0 Å². The minimum absolute atomic E-state index is 0. The van der Waals surface area contributed by atoms with Crippen molar-refractivity contribution >= 4 is 0 Å². The van der Waals surface area contributed by atoms with Crippen molar-refractivity contribution in [2.45, 2.75) is 0 Å². The van der Waals surface area contributed by atoms with Crippen LogP contribution in [0, 0.1) is 47.3 Å². The van der Waals surface area contributed by atoms with Gasteiger partial charge in [0.05, 0.1) is 0 Å². The van der Waals surface area contributed by atoms with Gasteiger partial charge in [0, 0.05) is 17.1 Å². The molecule has 6 saturated carbocycles. The summed E-state index contributed by atoms with van der Waals surface area (Å²) in [6.45, 7) is 0. The number of hydrogen-bond donors (Lipinski definition) is 0. The average Bonchev–Trinajstić information content (AvgIpc) is 1.90. The van der Waals surface area contributed by atoms with Crippen LogP contribution in [-0.2, 0) is 17.1 Å². The largest absolute Gasteiger partial charge is 0.303 e. The standard InChI is InChI=1S/C8H7.Fe/c1-2-5-3(1)7-4(1)6(2)8(5)7;/h1-7H;/q-1;. The van der Waals surface area contributed by atoms with Crippen molar-refractivity contribution in [3.8, 4) is 0 Å². The monoisotopic (exact) mass is 159 g/mol. The average molecular weight is 159 g/mol. The number of rotatable bonds is 0. The van der Waals surface area contributed by atoms with Crippen molar-refractivity contribution < 1.29 is 17.1 Å². The summed E-state index contributed by atoms with van der Waals surface area (Å²) in [5.41, 5.74) is 0. The van der Waals surface area contributed by atoms with Gasteiger partial charge in [-0.3, -0.25) is 0 Å². The molecule has 0 spiro atoms. The maximum Gasteiger partial charge on any atom is 0 e. The van der Waals surface area contributed by atoms with Gasteiger partial charge in [-0.05, 0) is 5.92 Å². The summed E-state index contributed by atoms with van der Waals surface area (Å²) in [6.07, 6.45) is 0. The van der Waals surface area contributed by atoms with E-state index in [4.69, 9.17) is 0 Å². The first-order valence-corrected chi connectivity index (χ1v) is 3.87. The first kappa shape index (κ1) is 4.41. The Labute approximate surface area is 64.9 Å². The topological polar surface area (TPSA) is 0 Å². The molecule has 0 amide bonds. The van der Waals surface area contributed by atoms with E-state index in [0.29, 0.717) is 0 Å². The van der Waals surface area contributed by atoms with Crippen LogP contribution in [0.3, 0.4) is 0 Å². The third-order valence-corrected chi connectivity index (χ3v) is 4.98. The van der Waals surface area contributed by atoms with Crippen molar-refractivity contribution in [2.75, 3.05) is 0 Å². The Kier molecular flexibility index (Phi) is 0.392. The Bertz CT molecular complexity index is 115. The summed E-state index contributed by atoms with van der Waals surface area (Å²) in [5.74, 6) is 11.0. The molecule has 9 heavy (non-hydrogen) atoms. The van der Waals surface area contributed by atoms with E-state index in [9.17, 15) is 0 Å². The van der Waals surface area contributed by atoms with E-state index >= 15 is 0 Å². The summed E-state index contributed by atoms with van der Waals surface area (Å²) in [6, 6.07) is 0. The molecule has 0 bridgehead atoms. The molecule has 0 aromatic carbocycles. The van der Waals surface area contributed by atoms with Crippen molar-refractivity contribution in [1.82, 2.24) is 0 Å². The van der Waals surface area contributed by atoms with Gasteiger partial charge in [-0.2, -0.15) is 17.8 Å². The molecule has 6 aliphatic carbocycles. The fourth-order valence-corrected chi connectivity index (χ4v) is 4.85. The van der Waals surface area contributed by atoms with Crippen LogP contribution >= 0.6 is 0 Å². The SMILES string of the molecule is [C-]12C3C4C1C1C2C3C41.[Fe]. The zero-order valence-corrected chi connectivity index (χ0v) is 6.00. The minimum atomic E-state index is 0. The van der Waals surface area contributed by atoms with E-state index in [-0.39, 0.29) is 17.1 Å². The maximum absolute atomic E-state index is 2.05. The van der Waals surface area contributed by atoms with Gasteiger partial charge in [-0.1, -0.05) is 17.8 Å². The molecule has 0 N–H and O–H groups in total. The Morgan fingerprint density at radius 1 is 0.667 bits per heavy atom. The van der Waals surface area contributed by atoms with Crippen LogP contribution < -0.4 is 0 Å². The van der Waals surface area contributed by atoms with Gasteiger partial charge in [-0.25, -0.2) is 0 Å². The van der Waals surface area contributed by atoms with Crippen LogP contribution in [0.15, 0.2) is 0 Å². The van der Waals surface area contributed by atoms with E-state index in [2.05, 4.69) is 0 Å². The molecule has 0 aliphatic heterocycles. The number of hydrogen-bond acceptors (Lipinski definition) is 0. The van der Waals surface area contributed by atoms with Crippen LogP contribution in [0.4, 0.5) is 0 Å². The second-order valence-corrected chi connectivity index (χ2v) is 4.39. The van der Waals surface area contributed by atoms with Crippen molar-refractivity contribution in [3.63, 3.8) is 0 Å². The molecule has 6 fully saturated rings. The Hall–Kier alpha value is 0.519. The predicted molar refractivity (Wildman–Crippen MR) is 27.7 cm³/mol. The third kappa shape index (κ3) is 0.154. The first-order valence-electron chi connectivity index (χ1n) is 3.87. The van der Waals surface area contributed by atoms with Crippen LogP contribution in [0.2, 0.25) is 0 Å². The Balaban J connectivity index is 0.000000288.